The van der Waals surface area contributed by atoms with E-state index < -0.39 is 5.97 Å². The fourth-order valence-corrected chi connectivity index (χ4v) is 2.37. The number of carboxylic acid groups (broad SMARTS) is 1. The van der Waals surface area contributed by atoms with Gasteiger partial charge in [0.2, 0.25) is 0 Å². The lowest BCUT2D eigenvalue weighted by atomic mass is 10.0. The maximum absolute atomic E-state index is 10.7. The fourth-order valence-electron chi connectivity index (χ4n) is 2.37. The lowest BCUT2D eigenvalue weighted by molar-refractivity contribution is -0.138. The summed E-state index contributed by atoms with van der Waals surface area (Å²) in [5, 5.41) is 12.2. The lowest BCUT2D eigenvalue weighted by Crippen LogP contribution is -2.21. The summed E-state index contributed by atoms with van der Waals surface area (Å²) in [6, 6.07) is 8.77. The monoisotopic (exact) mass is 261 g/mol. The minimum absolute atomic E-state index is 0.0992. The van der Waals surface area contributed by atoms with E-state index in [-0.39, 0.29) is 5.92 Å². The van der Waals surface area contributed by atoms with Crippen molar-refractivity contribution in [1.29, 1.82) is 0 Å². The Labute approximate surface area is 115 Å². The zero-order valence-electron chi connectivity index (χ0n) is 11.7. The topological polar surface area (TPSA) is 49.3 Å². The van der Waals surface area contributed by atoms with Gasteiger partial charge in [0, 0.05) is 0 Å². The molecule has 0 saturated heterocycles. The molecular weight excluding hydrogens is 238 g/mol. The van der Waals surface area contributed by atoms with Crippen LogP contribution in [0.1, 0.15) is 37.3 Å². The molecule has 2 N–H and O–H groups in total. The quantitative estimate of drug-likeness (QED) is 0.742. The van der Waals surface area contributed by atoms with Crippen LogP contribution in [0, 0.1) is 11.8 Å². The highest BCUT2D eigenvalue weighted by molar-refractivity contribution is 5.73. The van der Waals surface area contributed by atoms with Crippen molar-refractivity contribution in [3.05, 3.63) is 35.4 Å². The van der Waals surface area contributed by atoms with Gasteiger partial charge in [-0.1, -0.05) is 38.1 Å². The molecule has 2 rings (SSSR count). The van der Waals surface area contributed by atoms with Crippen LogP contribution in [0.4, 0.5) is 0 Å². The second-order valence-electron chi connectivity index (χ2n) is 5.79. The number of aliphatic carboxylic acids is 1. The van der Waals surface area contributed by atoms with Crippen molar-refractivity contribution < 1.29 is 9.90 Å². The molecule has 2 unspecified atom stereocenters. The minimum atomic E-state index is -0.643. The van der Waals surface area contributed by atoms with Gasteiger partial charge in [-0.3, -0.25) is 4.79 Å². The first-order valence-corrected chi connectivity index (χ1v) is 7.10. The number of carboxylic acids is 1. The normalized spacial score (nSPS) is 21.6. The van der Waals surface area contributed by atoms with Gasteiger partial charge in [-0.15, -0.1) is 0 Å². The van der Waals surface area contributed by atoms with Gasteiger partial charge >= 0.3 is 5.97 Å². The molecule has 0 amide bonds. The van der Waals surface area contributed by atoms with Gasteiger partial charge in [-0.2, -0.15) is 0 Å². The van der Waals surface area contributed by atoms with Crippen LogP contribution in [-0.2, 0) is 11.2 Å². The van der Waals surface area contributed by atoms with E-state index in [0.29, 0.717) is 11.8 Å². The summed E-state index contributed by atoms with van der Waals surface area (Å²) < 4.78 is 0. The van der Waals surface area contributed by atoms with E-state index in [1.54, 1.807) is 0 Å². The van der Waals surface area contributed by atoms with E-state index in [4.69, 9.17) is 5.11 Å². The van der Waals surface area contributed by atoms with E-state index in [0.717, 1.165) is 25.9 Å². The third-order valence-corrected chi connectivity index (χ3v) is 3.88. The summed E-state index contributed by atoms with van der Waals surface area (Å²) in [6.45, 7) is 6.15. The van der Waals surface area contributed by atoms with Crippen molar-refractivity contribution >= 4 is 5.97 Å². The minimum Gasteiger partial charge on any atom is -0.481 e. The maximum Gasteiger partial charge on any atom is 0.306 e. The van der Waals surface area contributed by atoms with Gasteiger partial charge in [-0.25, -0.2) is 0 Å². The summed E-state index contributed by atoms with van der Waals surface area (Å²) in [5.41, 5.74) is 2.71. The third kappa shape index (κ3) is 4.06. The Kier molecular flexibility index (Phi) is 4.59. The number of benzene rings is 1. The molecule has 3 nitrogen and oxygen atoms in total. The van der Waals surface area contributed by atoms with E-state index in [1.807, 2.05) is 0 Å². The molecule has 0 radical (unpaired) electrons. The van der Waals surface area contributed by atoms with Gasteiger partial charge in [0.15, 0.2) is 0 Å². The first-order chi connectivity index (χ1) is 9.08. The molecule has 19 heavy (non-hydrogen) atoms. The molecule has 0 spiro atoms. The molecule has 1 aromatic rings. The third-order valence-electron chi connectivity index (χ3n) is 3.88. The molecule has 1 aromatic carbocycles. The number of hydrogen-bond donors (Lipinski definition) is 2. The van der Waals surface area contributed by atoms with Crippen LogP contribution in [0.5, 0.6) is 0 Å². The standard InChI is InChI=1S/C16H23NO2/c1-11(2)13-5-3-12(4-6-13)7-8-17-10-14-9-15(14)16(18)19/h3-6,11,14-15,17H,7-10H2,1-2H3,(H,18,19). The zero-order valence-corrected chi connectivity index (χ0v) is 11.7. The zero-order chi connectivity index (χ0) is 13.8. The molecule has 1 fully saturated rings. The molecular formula is C16H23NO2. The summed E-state index contributed by atoms with van der Waals surface area (Å²) in [5.74, 6) is 0.185. The van der Waals surface area contributed by atoms with Crippen molar-refractivity contribution in [1.82, 2.24) is 5.32 Å². The molecule has 104 valence electrons. The van der Waals surface area contributed by atoms with Crippen LogP contribution in [-0.4, -0.2) is 24.2 Å². The molecule has 0 bridgehead atoms. The number of nitrogens with one attached hydrogen (secondary N) is 1. The van der Waals surface area contributed by atoms with E-state index in [9.17, 15) is 4.79 Å². The Balaban J connectivity index is 1.65. The van der Waals surface area contributed by atoms with E-state index >= 15 is 0 Å². The highest BCUT2D eigenvalue weighted by Crippen LogP contribution is 2.37. The van der Waals surface area contributed by atoms with Crippen LogP contribution in [0.25, 0.3) is 0 Å². The van der Waals surface area contributed by atoms with Crippen molar-refractivity contribution in [2.45, 2.75) is 32.6 Å². The molecule has 0 aliphatic heterocycles. The highest BCUT2D eigenvalue weighted by Gasteiger charge is 2.42. The Morgan fingerprint density at radius 2 is 2.05 bits per heavy atom. The Hall–Kier alpha value is -1.35. The smallest absolute Gasteiger partial charge is 0.306 e. The van der Waals surface area contributed by atoms with Gasteiger partial charge in [0.05, 0.1) is 5.92 Å². The van der Waals surface area contributed by atoms with E-state index in [1.165, 1.54) is 11.1 Å². The van der Waals surface area contributed by atoms with Crippen LogP contribution in [0.3, 0.4) is 0 Å². The highest BCUT2D eigenvalue weighted by atomic mass is 16.4. The first kappa shape index (κ1) is 14.1. The largest absolute Gasteiger partial charge is 0.481 e. The predicted molar refractivity (Wildman–Crippen MR) is 76.3 cm³/mol. The molecule has 2 atom stereocenters. The molecule has 0 heterocycles. The van der Waals surface area contributed by atoms with Crippen molar-refractivity contribution in [3.63, 3.8) is 0 Å². The second-order valence-corrected chi connectivity index (χ2v) is 5.79. The summed E-state index contributed by atoms with van der Waals surface area (Å²) in [4.78, 5) is 10.7. The summed E-state index contributed by atoms with van der Waals surface area (Å²) in [7, 11) is 0. The molecule has 0 aromatic heterocycles. The molecule has 1 aliphatic rings. The average molecular weight is 261 g/mol. The van der Waals surface area contributed by atoms with Gasteiger partial charge in [-0.05, 0) is 48.9 Å². The lowest BCUT2D eigenvalue weighted by Gasteiger charge is -2.07. The van der Waals surface area contributed by atoms with Gasteiger partial charge < -0.3 is 10.4 Å². The predicted octanol–water partition coefficient (Wildman–Crippen LogP) is 2.66. The van der Waals surface area contributed by atoms with Crippen LogP contribution >= 0.6 is 0 Å². The van der Waals surface area contributed by atoms with E-state index in [2.05, 4.69) is 43.4 Å². The maximum atomic E-state index is 10.7. The van der Waals surface area contributed by atoms with Crippen LogP contribution in [0.2, 0.25) is 0 Å². The number of rotatable bonds is 7. The van der Waals surface area contributed by atoms with Crippen molar-refractivity contribution in [3.8, 4) is 0 Å². The van der Waals surface area contributed by atoms with Gasteiger partial charge in [0.1, 0.15) is 0 Å². The van der Waals surface area contributed by atoms with Crippen molar-refractivity contribution in [2.24, 2.45) is 11.8 Å². The molecule has 1 saturated carbocycles. The first-order valence-electron chi connectivity index (χ1n) is 7.10. The van der Waals surface area contributed by atoms with Crippen LogP contribution in [0.15, 0.2) is 24.3 Å². The number of carbonyl (C=O) groups is 1. The van der Waals surface area contributed by atoms with Crippen LogP contribution < -0.4 is 5.32 Å². The van der Waals surface area contributed by atoms with Crippen molar-refractivity contribution in [2.75, 3.05) is 13.1 Å². The SMILES string of the molecule is CC(C)c1ccc(CCNCC2CC2C(=O)O)cc1. The summed E-state index contributed by atoms with van der Waals surface area (Å²) >= 11 is 0. The Bertz CT molecular complexity index is 425. The molecule has 3 heteroatoms. The van der Waals surface area contributed by atoms with Gasteiger partial charge in [0.25, 0.3) is 0 Å². The Morgan fingerprint density at radius 1 is 1.37 bits per heavy atom. The Morgan fingerprint density at radius 3 is 2.58 bits per heavy atom. The fraction of sp³-hybridized carbons (Fsp3) is 0.562. The summed E-state index contributed by atoms with van der Waals surface area (Å²) in [6.07, 6.45) is 1.84. The second kappa shape index (κ2) is 6.20. The average Bonchev–Trinajstić information content (AvgIpc) is 3.15. The number of hydrogen-bond acceptors (Lipinski definition) is 2. The molecule has 1 aliphatic carbocycles.